The second-order valence-corrected chi connectivity index (χ2v) is 7.01. The van der Waals surface area contributed by atoms with Gasteiger partial charge in [-0.3, -0.25) is 4.98 Å². The number of hydrogen-bond acceptors (Lipinski definition) is 4. The molecule has 22 heavy (non-hydrogen) atoms. The van der Waals surface area contributed by atoms with Crippen molar-refractivity contribution in [1.29, 1.82) is 0 Å². The summed E-state index contributed by atoms with van der Waals surface area (Å²) in [5, 5.41) is 0.255. The molecule has 0 bridgehead atoms. The van der Waals surface area contributed by atoms with Crippen molar-refractivity contribution in [3.8, 4) is 5.75 Å². The molecule has 0 saturated carbocycles. The SMILES string of the molecule is COc1ccc(S(=O)(=O)NC(C)Cc2cccnc2)cc1Cl. The summed E-state index contributed by atoms with van der Waals surface area (Å²) >= 11 is 5.98. The number of aromatic nitrogens is 1. The van der Waals surface area contributed by atoms with E-state index in [4.69, 9.17) is 16.3 Å². The number of nitrogens with zero attached hydrogens (tertiary/aromatic N) is 1. The van der Waals surface area contributed by atoms with Gasteiger partial charge in [-0.1, -0.05) is 17.7 Å². The second kappa shape index (κ2) is 7.09. The summed E-state index contributed by atoms with van der Waals surface area (Å²) in [6.45, 7) is 1.80. The summed E-state index contributed by atoms with van der Waals surface area (Å²) < 4.78 is 32.4. The van der Waals surface area contributed by atoms with E-state index in [0.717, 1.165) is 5.56 Å². The van der Waals surface area contributed by atoms with E-state index in [9.17, 15) is 8.42 Å². The minimum atomic E-state index is -3.64. The first-order valence-corrected chi connectivity index (χ1v) is 8.53. The van der Waals surface area contributed by atoms with Crippen LogP contribution < -0.4 is 9.46 Å². The Kier molecular flexibility index (Phi) is 5.39. The largest absolute Gasteiger partial charge is 0.495 e. The van der Waals surface area contributed by atoms with Crippen molar-refractivity contribution in [2.45, 2.75) is 24.3 Å². The van der Waals surface area contributed by atoms with Crippen LogP contribution in [0.4, 0.5) is 0 Å². The van der Waals surface area contributed by atoms with Gasteiger partial charge >= 0.3 is 0 Å². The summed E-state index contributed by atoms with van der Waals surface area (Å²) in [5.74, 6) is 0.434. The van der Waals surface area contributed by atoms with Crippen molar-refractivity contribution in [2.75, 3.05) is 7.11 Å². The fourth-order valence-corrected chi connectivity index (χ4v) is 3.65. The van der Waals surface area contributed by atoms with Gasteiger partial charge in [0, 0.05) is 18.4 Å². The maximum absolute atomic E-state index is 12.4. The number of rotatable bonds is 6. The second-order valence-electron chi connectivity index (χ2n) is 4.88. The van der Waals surface area contributed by atoms with E-state index >= 15 is 0 Å². The van der Waals surface area contributed by atoms with Crippen LogP contribution in [0.5, 0.6) is 5.75 Å². The summed E-state index contributed by atoms with van der Waals surface area (Å²) in [7, 11) is -2.16. The molecule has 0 saturated heterocycles. The molecule has 0 radical (unpaired) electrons. The molecule has 118 valence electrons. The summed E-state index contributed by atoms with van der Waals surface area (Å²) in [6.07, 6.45) is 3.95. The highest BCUT2D eigenvalue weighted by Crippen LogP contribution is 2.26. The van der Waals surface area contributed by atoms with Gasteiger partial charge in [-0.05, 0) is 43.2 Å². The Balaban J connectivity index is 2.12. The first kappa shape index (κ1) is 16.7. The third-order valence-corrected chi connectivity index (χ3v) is 4.94. The van der Waals surface area contributed by atoms with Crippen molar-refractivity contribution >= 4 is 21.6 Å². The normalized spacial score (nSPS) is 12.9. The molecule has 1 atom stereocenters. The Morgan fingerprint density at radius 1 is 1.36 bits per heavy atom. The minimum absolute atomic E-state index is 0.108. The van der Waals surface area contributed by atoms with Gasteiger partial charge in [0.1, 0.15) is 5.75 Å². The zero-order chi connectivity index (χ0) is 16.2. The number of methoxy groups -OCH3 is 1. The van der Waals surface area contributed by atoms with Crippen molar-refractivity contribution < 1.29 is 13.2 Å². The lowest BCUT2D eigenvalue weighted by Crippen LogP contribution is -2.34. The van der Waals surface area contributed by atoms with Gasteiger partial charge in [0.25, 0.3) is 0 Å². The van der Waals surface area contributed by atoms with Crippen LogP contribution in [0.25, 0.3) is 0 Å². The van der Waals surface area contributed by atoms with Crippen molar-refractivity contribution in [1.82, 2.24) is 9.71 Å². The van der Waals surface area contributed by atoms with Gasteiger partial charge in [-0.15, -0.1) is 0 Å². The number of benzene rings is 1. The Morgan fingerprint density at radius 3 is 2.73 bits per heavy atom. The number of sulfonamides is 1. The molecule has 7 heteroatoms. The summed E-state index contributed by atoms with van der Waals surface area (Å²) in [5.41, 5.74) is 0.963. The molecule has 0 aliphatic heterocycles. The van der Waals surface area contributed by atoms with E-state index in [1.807, 2.05) is 12.1 Å². The standard InChI is InChI=1S/C15H17ClN2O3S/c1-11(8-12-4-3-7-17-10-12)18-22(19,20)13-5-6-15(21-2)14(16)9-13/h3-7,9-11,18H,8H2,1-2H3. The molecule has 5 nitrogen and oxygen atoms in total. The zero-order valence-electron chi connectivity index (χ0n) is 12.3. The van der Waals surface area contributed by atoms with Crippen LogP contribution in [-0.2, 0) is 16.4 Å². The van der Waals surface area contributed by atoms with Crippen molar-refractivity contribution in [3.05, 3.63) is 53.3 Å². The van der Waals surface area contributed by atoms with E-state index in [1.54, 1.807) is 19.3 Å². The molecule has 1 aromatic heterocycles. The lowest BCUT2D eigenvalue weighted by Gasteiger charge is -2.15. The highest BCUT2D eigenvalue weighted by Gasteiger charge is 2.19. The molecule has 1 heterocycles. The molecule has 2 aromatic rings. The number of halogens is 1. The van der Waals surface area contributed by atoms with Crippen LogP contribution >= 0.6 is 11.6 Å². The molecular formula is C15H17ClN2O3S. The summed E-state index contributed by atoms with van der Waals surface area (Å²) in [6, 6.07) is 7.82. The van der Waals surface area contributed by atoms with Crippen molar-refractivity contribution in [3.63, 3.8) is 0 Å². The lowest BCUT2D eigenvalue weighted by molar-refractivity contribution is 0.414. The van der Waals surface area contributed by atoms with Crippen LogP contribution in [0.1, 0.15) is 12.5 Å². The average Bonchev–Trinajstić information content (AvgIpc) is 2.47. The van der Waals surface area contributed by atoms with Crippen LogP contribution in [0.3, 0.4) is 0 Å². The monoisotopic (exact) mass is 340 g/mol. The average molecular weight is 341 g/mol. The number of hydrogen-bond donors (Lipinski definition) is 1. The molecular weight excluding hydrogens is 324 g/mol. The molecule has 0 fully saturated rings. The minimum Gasteiger partial charge on any atom is -0.495 e. The van der Waals surface area contributed by atoms with Gasteiger partial charge in [0.15, 0.2) is 0 Å². The first-order valence-electron chi connectivity index (χ1n) is 6.67. The first-order chi connectivity index (χ1) is 10.4. The lowest BCUT2D eigenvalue weighted by atomic mass is 10.1. The number of pyridine rings is 1. The number of nitrogens with one attached hydrogen (secondary N) is 1. The Labute approximate surface area is 135 Å². The number of ether oxygens (including phenoxy) is 1. The predicted octanol–water partition coefficient (Wildman–Crippen LogP) is 2.65. The molecule has 0 amide bonds. The Hall–Kier alpha value is -1.63. The highest BCUT2D eigenvalue weighted by molar-refractivity contribution is 7.89. The van der Waals surface area contributed by atoms with Gasteiger partial charge < -0.3 is 4.74 Å². The smallest absolute Gasteiger partial charge is 0.240 e. The molecule has 2 rings (SSSR count). The van der Waals surface area contributed by atoms with Gasteiger partial charge in [-0.25, -0.2) is 13.1 Å². The van der Waals surface area contributed by atoms with Crippen LogP contribution in [0, 0.1) is 0 Å². The van der Waals surface area contributed by atoms with E-state index in [1.165, 1.54) is 25.3 Å². The highest BCUT2D eigenvalue weighted by atomic mass is 35.5. The fraction of sp³-hybridized carbons (Fsp3) is 0.267. The Morgan fingerprint density at radius 2 is 2.14 bits per heavy atom. The summed E-state index contributed by atoms with van der Waals surface area (Å²) in [4.78, 5) is 4.12. The molecule has 0 aliphatic carbocycles. The maximum Gasteiger partial charge on any atom is 0.240 e. The quantitative estimate of drug-likeness (QED) is 0.877. The third-order valence-electron chi connectivity index (χ3n) is 3.05. The van der Waals surface area contributed by atoms with Gasteiger partial charge in [-0.2, -0.15) is 0 Å². The van der Waals surface area contributed by atoms with E-state index in [0.29, 0.717) is 12.2 Å². The van der Waals surface area contributed by atoms with Gasteiger partial charge in [0.05, 0.1) is 17.0 Å². The fourth-order valence-electron chi connectivity index (χ4n) is 2.06. The van der Waals surface area contributed by atoms with E-state index in [-0.39, 0.29) is 16.0 Å². The van der Waals surface area contributed by atoms with Crippen molar-refractivity contribution in [2.24, 2.45) is 0 Å². The van der Waals surface area contributed by atoms with Crippen LogP contribution in [0.15, 0.2) is 47.6 Å². The molecule has 1 aromatic carbocycles. The Bertz CT molecular complexity index is 736. The molecule has 1 unspecified atom stereocenters. The molecule has 0 aliphatic rings. The topological polar surface area (TPSA) is 68.3 Å². The van der Waals surface area contributed by atoms with E-state index in [2.05, 4.69) is 9.71 Å². The third kappa shape index (κ3) is 4.19. The van der Waals surface area contributed by atoms with Crippen LogP contribution in [-0.4, -0.2) is 26.6 Å². The molecule has 0 spiro atoms. The maximum atomic E-state index is 12.4. The predicted molar refractivity (Wildman–Crippen MR) is 85.7 cm³/mol. The van der Waals surface area contributed by atoms with Crippen LogP contribution in [0.2, 0.25) is 5.02 Å². The molecule has 1 N–H and O–H groups in total. The van der Waals surface area contributed by atoms with E-state index < -0.39 is 10.0 Å². The zero-order valence-corrected chi connectivity index (χ0v) is 13.9. The van der Waals surface area contributed by atoms with Gasteiger partial charge in [0.2, 0.25) is 10.0 Å².